The van der Waals surface area contributed by atoms with E-state index in [2.05, 4.69) is 45.8 Å². The number of hydrogen-bond donors (Lipinski definition) is 0. The Hall–Kier alpha value is -1.38. The maximum absolute atomic E-state index is 4.71. The van der Waals surface area contributed by atoms with Gasteiger partial charge in [-0.3, -0.25) is 0 Å². The molecule has 0 saturated carbocycles. The van der Waals surface area contributed by atoms with E-state index in [0.717, 1.165) is 17.0 Å². The first-order chi connectivity index (χ1) is 7.39. The Balaban J connectivity index is 2.71. The first kappa shape index (κ1) is 11.1. The van der Waals surface area contributed by atoms with E-state index >= 15 is 0 Å². The predicted molar refractivity (Wildman–Crippen MR) is 65.8 cm³/mol. The van der Waals surface area contributed by atoms with Gasteiger partial charge in [-0.15, -0.1) is 0 Å². The molecule has 3 heteroatoms. The highest BCUT2D eigenvalue weighted by Crippen LogP contribution is 2.23. The average Bonchev–Trinajstić information content (AvgIpc) is 2.61. The van der Waals surface area contributed by atoms with Crippen LogP contribution in [-0.4, -0.2) is 14.6 Å². The lowest BCUT2D eigenvalue weighted by atomic mass is 9.95. The first-order valence-electron chi connectivity index (χ1n) is 5.75. The molecule has 0 saturated heterocycles. The Morgan fingerprint density at radius 1 is 1.25 bits per heavy atom. The summed E-state index contributed by atoms with van der Waals surface area (Å²) in [4.78, 5) is 4.71. The number of nitrogens with zero attached hydrogens (tertiary/aromatic N) is 3. The van der Waals surface area contributed by atoms with Gasteiger partial charge < -0.3 is 0 Å². The highest BCUT2D eigenvalue weighted by molar-refractivity contribution is 5.52. The van der Waals surface area contributed by atoms with E-state index < -0.39 is 0 Å². The molecular weight excluding hydrogens is 198 g/mol. The van der Waals surface area contributed by atoms with Crippen LogP contribution in [-0.2, 0) is 5.41 Å². The standard InChI is InChI=1S/C13H19N3/c1-9(2)11-10-7-6-8-16(10)15-12(14-11)13(3,4)5/h6-9H,1-5H3. The Morgan fingerprint density at radius 2 is 1.94 bits per heavy atom. The van der Waals surface area contributed by atoms with E-state index in [-0.39, 0.29) is 5.41 Å². The molecule has 0 amide bonds. The second-order valence-electron chi connectivity index (χ2n) is 5.56. The third-order valence-electron chi connectivity index (χ3n) is 2.64. The fraction of sp³-hybridized carbons (Fsp3) is 0.538. The molecule has 2 aromatic rings. The summed E-state index contributed by atoms with van der Waals surface area (Å²) < 4.78 is 1.93. The van der Waals surface area contributed by atoms with Gasteiger partial charge in [-0.25, -0.2) is 9.50 Å². The fourth-order valence-corrected chi connectivity index (χ4v) is 1.70. The van der Waals surface area contributed by atoms with Crippen molar-refractivity contribution in [3.63, 3.8) is 0 Å². The molecule has 16 heavy (non-hydrogen) atoms. The van der Waals surface area contributed by atoms with Crippen molar-refractivity contribution in [1.29, 1.82) is 0 Å². The normalized spacial score (nSPS) is 12.6. The minimum atomic E-state index is -0.0118. The van der Waals surface area contributed by atoms with Crippen LogP contribution in [0.15, 0.2) is 18.3 Å². The van der Waals surface area contributed by atoms with Crippen LogP contribution in [0.4, 0.5) is 0 Å². The van der Waals surface area contributed by atoms with Crippen LogP contribution in [0.1, 0.15) is 52.1 Å². The summed E-state index contributed by atoms with van der Waals surface area (Å²) in [6.07, 6.45) is 1.98. The Bertz CT molecular complexity index is 503. The van der Waals surface area contributed by atoms with Crippen LogP contribution >= 0.6 is 0 Å². The maximum atomic E-state index is 4.71. The van der Waals surface area contributed by atoms with Gasteiger partial charge in [-0.1, -0.05) is 34.6 Å². The van der Waals surface area contributed by atoms with Gasteiger partial charge in [0.25, 0.3) is 0 Å². The van der Waals surface area contributed by atoms with Gasteiger partial charge in [0.2, 0.25) is 0 Å². The number of aromatic nitrogens is 3. The van der Waals surface area contributed by atoms with Gasteiger partial charge in [0.15, 0.2) is 5.82 Å². The van der Waals surface area contributed by atoms with Crippen molar-refractivity contribution in [3.05, 3.63) is 29.8 Å². The van der Waals surface area contributed by atoms with Crippen molar-refractivity contribution < 1.29 is 0 Å². The van der Waals surface area contributed by atoms with Gasteiger partial charge in [0.1, 0.15) is 0 Å². The molecule has 0 fully saturated rings. The molecule has 0 aromatic carbocycles. The number of rotatable bonds is 1. The Morgan fingerprint density at radius 3 is 2.50 bits per heavy atom. The van der Waals surface area contributed by atoms with Crippen LogP contribution in [0.3, 0.4) is 0 Å². The summed E-state index contributed by atoms with van der Waals surface area (Å²) in [7, 11) is 0. The Kier molecular flexibility index (Phi) is 2.49. The van der Waals surface area contributed by atoms with Gasteiger partial charge in [0.05, 0.1) is 11.2 Å². The van der Waals surface area contributed by atoms with E-state index in [4.69, 9.17) is 4.98 Å². The zero-order chi connectivity index (χ0) is 11.9. The van der Waals surface area contributed by atoms with Crippen molar-refractivity contribution in [2.24, 2.45) is 0 Å². The second-order valence-corrected chi connectivity index (χ2v) is 5.56. The molecule has 0 aliphatic carbocycles. The van der Waals surface area contributed by atoms with Crippen molar-refractivity contribution in [3.8, 4) is 0 Å². The van der Waals surface area contributed by atoms with Crippen LogP contribution < -0.4 is 0 Å². The minimum Gasteiger partial charge on any atom is -0.237 e. The molecule has 3 nitrogen and oxygen atoms in total. The third-order valence-corrected chi connectivity index (χ3v) is 2.64. The lowest BCUT2D eigenvalue weighted by Crippen LogP contribution is -2.19. The smallest absolute Gasteiger partial charge is 0.154 e. The predicted octanol–water partition coefficient (Wildman–Crippen LogP) is 3.15. The minimum absolute atomic E-state index is 0.0118. The number of hydrogen-bond acceptors (Lipinski definition) is 2. The topological polar surface area (TPSA) is 30.2 Å². The fourth-order valence-electron chi connectivity index (χ4n) is 1.70. The lowest BCUT2D eigenvalue weighted by molar-refractivity contribution is 0.522. The summed E-state index contributed by atoms with van der Waals surface area (Å²) >= 11 is 0. The summed E-state index contributed by atoms with van der Waals surface area (Å²) in [5.41, 5.74) is 2.23. The van der Waals surface area contributed by atoms with Gasteiger partial charge in [-0.2, -0.15) is 5.10 Å². The van der Waals surface area contributed by atoms with E-state index in [0.29, 0.717) is 5.92 Å². The Labute approximate surface area is 96.5 Å². The maximum Gasteiger partial charge on any atom is 0.154 e. The summed E-state index contributed by atoms with van der Waals surface area (Å²) in [6, 6.07) is 4.09. The van der Waals surface area contributed by atoms with E-state index in [1.54, 1.807) is 0 Å². The second kappa shape index (κ2) is 3.58. The molecule has 2 rings (SSSR count). The largest absolute Gasteiger partial charge is 0.237 e. The molecule has 2 aromatic heterocycles. The zero-order valence-corrected chi connectivity index (χ0v) is 10.7. The average molecular weight is 217 g/mol. The molecule has 0 N–H and O–H groups in total. The SMILES string of the molecule is CC(C)c1nc(C(C)(C)C)nn2cccc12. The summed E-state index contributed by atoms with van der Waals surface area (Å²) in [5.74, 6) is 1.32. The van der Waals surface area contributed by atoms with E-state index in [9.17, 15) is 0 Å². The molecule has 0 unspecified atom stereocenters. The number of fused-ring (bicyclic) bond motifs is 1. The quantitative estimate of drug-likeness (QED) is 0.734. The molecule has 0 spiro atoms. The zero-order valence-electron chi connectivity index (χ0n) is 10.7. The monoisotopic (exact) mass is 217 g/mol. The van der Waals surface area contributed by atoms with Crippen molar-refractivity contribution in [1.82, 2.24) is 14.6 Å². The highest BCUT2D eigenvalue weighted by Gasteiger charge is 2.20. The first-order valence-corrected chi connectivity index (χ1v) is 5.75. The van der Waals surface area contributed by atoms with Crippen molar-refractivity contribution >= 4 is 5.52 Å². The van der Waals surface area contributed by atoms with Crippen LogP contribution in [0, 0.1) is 0 Å². The molecule has 2 heterocycles. The third kappa shape index (κ3) is 1.82. The van der Waals surface area contributed by atoms with Gasteiger partial charge in [-0.05, 0) is 18.1 Å². The van der Waals surface area contributed by atoms with Crippen LogP contribution in [0.2, 0.25) is 0 Å². The molecule has 0 bridgehead atoms. The summed E-state index contributed by atoms with van der Waals surface area (Å²) in [6.45, 7) is 10.8. The van der Waals surface area contributed by atoms with Crippen LogP contribution in [0.5, 0.6) is 0 Å². The molecule has 0 atom stereocenters. The molecular formula is C13H19N3. The molecule has 0 aliphatic rings. The van der Waals surface area contributed by atoms with Crippen molar-refractivity contribution in [2.75, 3.05) is 0 Å². The van der Waals surface area contributed by atoms with E-state index in [1.165, 1.54) is 0 Å². The van der Waals surface area contributed by atoms with Gasteiger partial charge in [0, 0.05) is 11.6 Å². The molecule has 0 radical (unpaired) electrons. The van der Waals surface area contributed by atoms with E-state index in [1.807, 2.05) is 16.8 Å². The molecule has 0 aliphatic heterocycles. The summed E-state index contributed by atoms with van der Waals surface area (Å²) in [5, 5.41) is 4.56. The van der Waals surface area contributed by atoms with Crippen molar-refractivity contribution in [2.45, 2.75) is 46.0 Å². The highest BCUT2D eigenvalue weighted by atomic mass is 15.2. The molecule has 86 valence electrons. The van der Waals surface area contributed by atoms with Gasteiger partial charge >= 0.3 is 0 Å². The lowest BCUT2D eigenvalue weighted by Gasteiger charge is -2.18. The van der Waals surface area contributed by atoms with Crippen LogP contribution in [0.25, 0.3) is 5.52 Å².